The van der Waals surface area contributed by atoms with E-state index in [0.29, 0.717) is 43.1 Å². The van der Waals surface area contributed by atoms with Crippen molar-refractivity contribution in [2.45, 2.75) is 24.7 Å². The average molecular weight is 320 g/mol. The zero-order chi connectivity index (χ0) is 16.1. The van der Waals surface area contributed by atoms with Crippen LogP contribution < -0.4 is 4.74 Å². The van der Waals surface area contributed by atoms with Crippen LogP contribution in [0.1, 0.15) is 29.3 Å². The van der Waals surface area contributed by atoms with Crippen LogP contribution in [0.15, 0.2) is 18.2 Å². The molecular weight excluding hydrogens is 300 g/mol. The van der Waals surface area contributed by atoms with Crippen LogP contribution in [0, 0.1) is 5.92 Å². The van der Waals surface area contributed by atoms with Gasteiger partial charge in [-0.15, -0.1) is 0 Å². The van der Waals surface area contributed by atoms with E-state index >= 15 is 0 Å². The Kier molecular flexibility index (Phi) is 3.46. The Hall–Kier alpha value is -1.47. The topological polar surface area (TPSA) is 66.5 Å². The molecule has 0 bridgehead atoms. The molecule has 124 valence electrons. The Morgan fingerprint density at radius 3 is 2.65 bits per heavy atom. The quantitative estimate of drug-likeness (QED) is 0.623. The summed E-state index contributed by atoms with van der Waals surface area (Å²) in [6.07, 6.45) is 0.344. The Morgan fingerprint density at radius 1 is 1.26 bits per heavy atom. The molecule has 1 unspecified atom stereocenters. The van der Waals surface area contributed by atoms with Crippen molar-refractivity contribution in [3.05, 3.63) is 29.3 Å². The first kappa shape index (κ1) is 15.1. The Bertz CT molecular complexity index is 630. The van der Waals surface area contributed by atoms with Crippen molar-refractivity contribution < 1.29 is 28.5 Å². The maximum absolute atomic E-state index is 12.7. The molecule has 0 saturated carbocycles. The molecule has 6 nitrogen and oxygen atoms in total. The Balaban J connectivity index is 1.87. The number of rotatable bonds is 4. The molecule has 2 saturated heterocycles. The number of epoxide rings is 1. The molecular formula is C17H20O6. The molecule has 23 heavy (non-hydrogen) atoms. The van der Waals surface area contributed by atoms with Crippen LogP contribution in [0.3, 0.4) is 0 Å². The lowest BCUT2D eigenvalue weighted by atomic mass is 9.72. The van der Waals surface area contributed by atoms with Gasteiger partial charge in [-0.2, -0.15) is 0 Å². The molecule has 0 radical (unpaired) electrons. The molecule has 4 rings (SSSR count). The minimum absolute atomic E-state index is 0.0642. The first-order chi connectivity index (χ1) is 11.1. The number of ether oxygens (including phenoxy) is 5. The maximum atomic E-state index is 12.7. The summed E-state index contributed by atoms with van der Waals surface area (Å²) in [5.74, 6) is -0.550. The highest BCUT2D eigenvalue weighted by Crippen LogP contribution is 2.56. The average Bonchev–Trinajstić information content (AvgIpc) is 3.12. The van der Waals surface area contributed by atoms with Crippen molar-refractivity contribution in [1.82, 2.24) is 0 Å². The lowest BCUT2D eigenvalue weighted by Crippen LogP contribution is -2.49. The standard InChI is InChI=1S/C17H20O6/c1-16(9-23-16)14-8-12(18)11-4-3-5-13(20-10-19-2)15(11)17(14)21-6-7-22-17/h3-5,14H,6-10H2,1-2H3/t14-,16?/m0/s1. The Morgan fingerprint density at radius 2 is 2.00 bits per heavy atom. The number of benzene rings is 1. The fraction of sp³-hybridized carbons (Fsp3) is 0.588. The summed E-state index contributed by atoms with van der Waals surface area (Å²) < 4.78 is 28.5. The molecule has 1 aliphatic carbocycles. The zero-order valence-electron chi connectivity index (χ0n) is 13.3. The molecule has 1 aromatic carbocycles. The number of Topliss-reactive ketones (excluding diaryl/α,β-unsaturated/α-hetero) is 1. The van der Waals surface area contributed by atoms with Crippen LogP contribution in [0.4, 0.5) is 0 Å². The lowest BCUT2D eigenvalue weighted by Gasteiger charge is -2.42. The van der Waals surface area contributed by atoms with Crippen molar-refractivity contribution in [1.29, 1.82) is 0 Å². The highest BCUT2D eigenvalue weighted by molar-refractivity contribution is 6.00. The molecule has 2 aliphatic heterocycles. The molecule has 6 heteroatoms. The van der Waals surface area contributed by atoms with Crippen molar-refractivity contribution in [2.75, 3.05) is 33.7 Å². The molecule has 2 atom stereocenters. The van der Waals surface area contributed by atoms with E-state index in [0.717, 1.165) is 0 Å². The minimum atomic E-state index is -0.987. The Labute approximate surface area is 134 Å². The predicted octanol–water partition coefficient (Wildman–Crippen LogP) is 1.86. The van der Waals surface area contributed by atoms with E-state index in [4.69, 9.17) is 23.7 Å². The van der Waals surface area contributed by atoms with Crippen LogP contribution in [0.2, 0.25) is 0 Å². The van der Waals surface area contributed by atoms with Crippen molar-refractivity contribution >= 4 is 5.78 Å². The highest BCUT2D eigenvalue weighted by atomic mass is 16.7. The summed E-state index contributed by atoms with van der Waals surface area (Å²) >= 11 is 0. The smallest absolute Gasteiger partial charge is 0.205 e. The zero-order valence-corrected chi connectivity index (χ0v) is 13.3. The predicted molar refractivity (Wildman–Crippen MR) is 79.3 cm³/mol. The lowest BCUT2D eigenvalue weighted by molar-refractivity contribution is -0.221. The number of fused-ring (bicyclic) bond motifs is 2. The number of hydrogen-bond acceptors (Lipinski definition) is 6. The second-order valence-electron chi connectivity index (χ2n) is 6.38. The summed E-state index contributed by atoms with van der Waals surface area (Å²) in [6.45, 7) is 3.67. The van der Waals surface area contributed by atoms with Crippen molar-refractivity contribution in [2.24, 2.45) is 5.92 Å². The number of methoxy groups -OCH3 is 1. The van der Waals surface area contributed by atoms with Gasteiger partial charge >= 0.3 is 0 Å². The molecule has 3 aliphatic rings. The fourth-order valence-electron chi connectivity index (χ4n) is 3.68. The van der Waals surface area contributed by atoms with E-state index in [1.54, 1.807) is 19.2 Å². The molecule has 1 spiro atoms. The van der Waals surface area contributed by atoms with Crippen LogP contribution in [0.25, 0.3) is 0 Å². The van der Waals surface area contributed by atoms with E-state index in [1.807, 2.05) is 13.0 Å². The van der Waals surface area contributed by atoms with Gasteiger partial charge in [-0.25, -0.2) is 0 Å². The molecule has 0 aromatic heterocycles. The fourth-order valence-corrected chi connectivity index (χ4v) is 3.68. The monoisotopic (exact) mass is 320 g/mol. The van der Waals surface area contributed by atoms with Crippen LogP contribution in [0.5, 0.6) is 5.75 Å². The number of carbonyl (C=O) groups excluding carboxylic acids is 1. The third-order valence-corrected chi connectivity index (χ3v) is 4.91. The summed E-state index contributed by atoms with van der Waals surface area (Å²) in [5.41, 5.74) is 0.875. The normalized spacial score (nSPS) is 31.2. The number of hydrogen-bond donors (Lipinski definition) is 0. The third kappa shape index (κ3) is 2.21. The van der Waals surface area contributed by atoms with E-state index in [9.17, 15) is 4.79 Å². The van der Waals surface area contributed by atoms with Crippen molar-refractivity contribution in [3.8, 4) is 5.75 Å². The molecule has 2 fully saturated rings. The van der Waals surface area contributed by atoms with Crippen LogP contribution >= 0.6 is 0 Å². The SMILES string of the molecule is COCOc1cccc2c1C1(OCCO1)[C@H](C1(C)CO1)CC2=O. The van der Waals surface area contributed by atoms with Gasteiger partial charge in [-0.1, -0.05) is 12.1 Å². The second kappa shape index (κ2) is 5.27. The largest absolute Gasteiger partial charge is 0.467 e. The van der Waals surface area contributed by atoms with Gasteiger partial charge in [-0.05, 0) is 13.0 Å². The molecule has 0 amide bonds. The third-order valence-electron chi connectivity index (χ3n) is 4.91. The van der Waals surface area contributed by atoms with E-state index in [2.05, 4.69) is 0 Å². The summed E-state index contributed by atoms with van der Waals surface area (Å²) in [7, 11) is 1.56. The molecule has 2 heterocycles. The van der Waals surface area contributed by atoms with Gasteiger partial charge < -0.3 is 23.7 Å². The first-order valence-electron chi connectivity index (χ1n) is 7.81. The van der Waals surface area contributed by atoms with Gasteiger partial charge in [0.05, 0.1) is 36.9 Å². The van der Waals surface area contributed by atoms with Crippen LogP contribution in [-0.2, 0) is 24.7 Å². The minimum Gasteiger partial charge on any atom is -0.467 e. The number of ketones is 1. The van der Waals surface area contributed by atoms with Gasteiger partial charge in [0, 0.05) is 19.1 Å². The van der Waals surface area contributed by atoms with E-state index in [-0.39, 0.29) is 18.5 Å². The van der Waals surface area contributed by atoms with E-state index < -0.39 is 11.4 Å². The van der Waals surface area contributed by atoms with Gasteiger partial charge in [-0.3, -0.25) is 4.79 Å². The second-order valence-corrected chi connectivity index (χ2v) is 6.38. The first-order valence-corrected chi connectivity index (χ1v) is 7.81. The number of carbonyl (C=O) groups is 1. The van der Waals surface area contributed by atoms with Crippen molar-refractivity contribution in [3.63, 3.8) is 0 Å². The van der Waals surface area contributed by atoms with Crippen LogP contribution in [-0.4, -0.2) is 45.1 Å². The molecule has 0 N–H and O–H groups in total. The summed E-state index contributed by atoms with van der Waals surface area (Å²) in [5, 5.41) is 0. The van der Waals surface area contributed by atoms with Gasteiger partial charge in [0.25, 0.3) is 0 Å². The summed E-state index contributed by atoms with van der Waals surface area (Å²) in [4.78, 5) is 12.7. The maximum Gasteiger partial charge on any atom is 0.205 e. The van der Waals surface area contributed by atoms with E-state index in [1.165, 1.54) is 0 Å². The highest BCUT2D eigenvalue weighted by Gasteiger charge is 2.64. The summed E-state index contributed by atoms with van der Waals surface area (Å²) in [6, 6.07) is 5.42. The molecule has 1 aromatic rings. The van der Waals surface area contributed by atoms with Gasteiger partial charge in [0.1, 0.15) is 5.75 Å². The van der Waals surface area contributed by atoms with Gasteiger partial charge in [0.2, 0.25) is 5.79 Å². The van der Waals surface area contributed by atoms with Gasteiger partial charge in [0.15, 0.2) is 12.6 Å².